The summed E-state index contributed by atoms with van der Waals surface area (Å²) in [5.41, 5.74) is 3.73. The van der Waals surface area contributed by atoms with Gasteiger partial charge in [0.25, 0.3) is 0 Å². The molecule has 0 fully saturated rings. The average molecular weight is 240 g/mol. The summed E-state index contributed by atoms with van der Waals surface area (Å²) < 4.78 is 0. The quantitative estimate of drug-likeness (QED) is 0.802. The van der Waals surface area contributed by atoms with Gasteiger partial charge in [0.1, 0.15) is 0 Å². The summed E-state index contributed by atoms with van der Waals surface area (Å²) in [5, 5.41) is 18.7. The molecule has 2 nitrogen and oxygen atoms in total. The van der Waals surface area contributed by atoms with E-state index in [-0.39, 0.29) is 0 Å². The van der Waals surface area contributed by atoms with Crippen LogP contribution in [-0.2, 0) is 6.42 Å². The third-order valence-corrected chi connectivity index (χ3v) is 3.04. The molecule has 18 heavy (non-hydrogen) atoms. The van der Waals surface area contributed by atoms with E-state index in [4.69, 9.17) is 0 Å². The summed E-state index contributed by atoms with van der Waals surface area (Å²) in [4.78, 5) is 0. The van der Waals surface area contributed by atoms with Gasteiger partial charge in [-0.05, 0) is 28.6 Å². The minimum atomic E-state index is -1.43. The zero-order valence-electron chi connectivity index (χ0n) is 10.5. The van der Waals surface area contributed by atoms with Crippen molar-refractivity contribution in [2.24, 2.45) is 0 Å². The van der Waals surface area contributed by atoms with Crippen LogP contribution in [-0.4, -0.2) is 17.2 Å². The molecule has 0 bridgehead atoms. The highest BCUT2D eigenvalue weighted by molar-refractivity contribution is 6.60. The molecule has 0 aliphatic carbocycles. The van der Waals surface area contributed by atoms with Crippen molar-refractivity contribution in [3.8, 4) is 11.1 Å². The lowest BCUT2D eigenvalue weighted by atomic mass is 9.75. The standard InChI is InChI=1S/C15H17BO2/c1-2-5-12-8-10-13(11-9-12)14-6-3-4-7-15(14)16(17)18/h3-4,6-11,17-18H,2,5H2,1H3. The molecular weight excluding hydrogens is 223 g/mol. The van der Waals surface area contributed by atoms with Crippen molar-refractivity contribution >= 4 is 12.6 Å². The normalized spacial score (nSPS) is 10.4. The minimum absolute atomic E-state index is 0.542. The molecule has 2 N–H and O–H groups in total. The Morgan fingerprint density at radius 3 is 2.22 bits per heavy atom. The van der Waals surface area contributed by atoms with Crippen LogP contribution >= 0.6 is 0 Å². The maximum Gasteiger partial charge on any atom is 0.489 e. The molecule has 3 heteroatoms. The zero-order chi connectivity index (χ0) is 13.0. The maximum absolute atomic E-state index is 9.36. The van der Waals surface area contributed by atoms with Crippen LogP contribution in [0.3, 0.4) is 0 Å². The van der Waals surface area contributed by atoms with Crippen molar-refractivity contribution in [2.45, 2.75) is 19.8 Å². The Morgan fingerprint density at radius 1 is 0.944 bits per heavy atom. The van der Waals surface area contributed by atoms with Crippen molar-refractivity contribution in [1.29, 1.82) is 0 Å². The van der Waals surface area contributed by atoms with Crippen LogP contribution in [0, 0.1) is 0 Å². The predicted molar refractivity (Wildman–Crippen MR) is 75.7 cm³/mol. The van der Waals surface area contributed by atoms with Crippen molar-refractivity contribution in [1.82, 2.24) is 0 Å². The first-order valence-corrected chi connectivity index (χ1v) is 6.26. The van der Waals surface area contributed by atoms with Gasteiger partial charge in [-0.2, -0.15) is 0 Å². The van der Waals surface area contributed by atoms with Crippen LogP contribution < -0.4 is 5.46 Å². The van der Waals surface area contributed by atoms with E-state index in [0.29, 0.717) is 5.46 Å². The highest BCUT2D eigenvalue weighted by Gasteiger charge is 2.15. The molecule has 0 aliphatic rings. The highest BCUT2D eigenvalue weighted by atomic mass is 16.4. The van der Waals surface area contributed by atoms with Gasteiger partial charge in [-0.25, -0.2) is 0 Å². The molecule has 0 heterocycles. The van der Waals surface area contributed by atoms with Gasteiger partial charge in [-0.1, -0.05) is 61.9 Å². The van der Waals surface area contributed by atoms with Crippen molar-refractivity contribution in [2.75, 3.05) is 0 Å². The van der Waals surface area contributed by atoms with Gasteiger partial charge < -0.3 is 10.0 Å². The van der Waals surface area contributed by atoms with Crippen LogP contribution in [0.1, 0.15) is 18.9 Å². The fourth-order valence-corrected chi connectivity index (χ4v) is 2.12. The van der Waals surface area contributed by atoms with E-state index in [1.165, 1.54) is 5.56 Å². The van der Waals surface area contributed by atoms with Crippen LogP contribution in [0.25, 0.3) is 11.1 Å². The highest BCUT2D eigenvalue weighted by Crippen LogP contribution is 2.18. The SMILES string of the molecule is CCCc1ccc(-c2ccccc2B(O)O)cc1. The summed E-state index contributed by atoms with van der Waals surface area (Å²) >= 11 is 0. The van der Waals surface area contributed by atoms with Crippen LogP contribution in [0.4, 0.5) is 0 Å². The predicted octanol–water partition coefficient (Wildman–Crippen LogP) is 1.99. The molecule has 0 unspecified atom stereocenters. The molecule has 92 valence electrons. The Labute approximate surface area is 108 Å². The Hall–Kier alpha value is -1.58. The van der Waals surface area contributed by atoms with Gasteiger partial charge in [0.15, 0.2) is 0 Å². The maximum atomic E-state index is 9.36. The van der Waals surface area contributed by atoms with Gasteiger partial charge in [-0.15, -0.1) is 0 Å². The first kappa shape index (κ1) is 12.9. The van der Waals surface area contributed by atoms with Crippen LogP contribution in [0.2, 0.25) is 0 Å². The minimum Gasteiger partial charge on any atom is -0.423 e. The zero-order valence-corrected chi connectivity index (χ0v) is 10.5. The van der Waals surface area contributed by atoms with Crippen molar-refractivity contribution in [3.63, 3.8) is 0 Å². The smallest absolute Gasteiger partial charge is 0.423 e. The third kappa shape index (κ3) is 2.81. The number of benzene rings is 2. The average Bonchev–Trinajstić information content (AvgIpc) is 2.40. The van der Waals surface area contributed by atoms with E-state index in [1.807, 2.05) is 30.3 Å². The lowest BCUT2D eigenvalue weighted by Crippen LogP contribution is -2.31. The van der Waals surface area contributed by atoms with Gasteiger partial charge in [0.05, 0.1) is 0 Å². The molecule has 0 spiro atoms. The largest absolute Gasteiger partial charge is 0.489 e. The molecule has 0 saturated carbocycles. The lowest BCUT2D eigenvalue weighted by molar-refractivity contribution is 0.426. The number of rotatable bonds is 4. The first-order valence-electron chi connectivity index (χ1n) is 6.26. The molecule has 2 rings (SSSR count). The summed E-state index contributed by atoms with van der Waals surface area (Å²) in [7, 11) is -1.43. The van der Waals surface area contributed by atoms with Gasteiger partial charge in [0.2, 0.25) is 0 Å². The summed E-state index contributed by atoms with van der Waals surface area (Å²) in [6.07, 6.45) is 2.20. The summed E-state index contributed by atoms with van der Waals surface area (Å²) in [6, 6.07) is 15.6. The number of hydrogen-bond acceptors (Lipinski definition) is 2. The summed E-state index contributed by atoms with van der Waals surface area (Å²) in [6.45, 7) is 2.16. The van der Waals surface area contributed by atoms with E-state index in [9.17, 15) is 10.0 Å². The lowest BCUT2D eigenvalue weighted by Gasteiger charge is -2.09. The Kier molecular flexibility index (Phi) is 4.18. The Bertz CT molecular complexity index is 506. The van der Waals surface area contributed by atoms with Gasteiger partial charge in [0, 0.05) is 0 Å². The molecule has 2 aromatic carbocycles. The van der Waals surface area contributed by atoms with E-state index < -0.39 is 7.12 Å². The fourth-order valence-electron chi connectivity index (χ4n) is 2.12. The fraction of sp³-hybridized carbons (Fsp3) is 0.200. The molecule has 0 radical (unpaired) electrons. The third-order valence-electron chi connectivity index (χ3n) is 3.04. The molecule has 0 saturated heterocycles. The monoisotopic (exact) mass is 240 g/mol. The van der Waals surface area contributed by atoms with Crippen molar-refractivity contribution in [3.05, 3.63) is 54.1 Å². The van der Waals surface area contributed by atoms with Crippen LogP contribution in [0.5, 0.6) is 0 Å². The van der Waals surface area contributed by atoms with E-state index in [0.717, 1.165) is 24.0 Å². The molecule has 0 aromatic heterocycles. The summed E-state index contributed by atoms with van der Waals surface area (Å²) in [5.74, 6) is 0. The van der Waals surface area contributed by atoms with Gasteiger partial charge >= 0.3 is 7.12 Å². The topological polar surface area (TPSA) is 40.5 Å². The van der Waals surface area contributed by atoms with E-state index >= 15 is 0 Å². The molecule has 2 aromatic rings. The number of hydrogen-bond donors (Lipinski definition) is 2. The number of aryl methyl sites for hydroxylation is 1. The Balaban J connectivity index is 2.36. The van der Waals surface area contributed by atoms with Crippen molar-refractivity contribution < 1.29 is 10.0 Å². The van der Waals surface area contributed by atoms with Crippen LogP contribution in [0.15, 0.2) is 48.5 Å². The molecular formula is C15H17BO2. The molecule has 0 atom stereocenters. The van der Waals surface area contributed by atoms with E-state index in [2.05, 4.69) is 19.1 Å². The second kappa shape index (κ2) is 5.85. The Morgan fingerprint density at radius 2 is 1.61 bits per heavy atom. The first-order chi connectivity index (χ1) is 8.72. The molecule has 0 aliphatic heterocycles. The molecule has 0 amide bonds. The van der Waals surface area contributed by atoms with E-state index in [1.54, 1.807) is 6.07 Å². The second-order valence-electron chi connectivity index (χ2n) is 4.41. The second-order valence-corrected chi connectivity index (χ2v) is 4.41. The van der Waals surface area contributed by atoms with Gasteiger partial charge in [-0.3, -0.25) is 0 Å².